The number of carboxylic acid groups (broad SMARTS) is 1. The highest BCUT2D eigenvalue weighted by atomic mass is 16.4. The normalized spacial score (nSPS) is 12.9. The number of hydrogen-bond acceptors (Lipinski definition) is 2. The van der Waals surface area contributed by atoms with Gasteiger partial charge in [-0.25, -0.2) is 4.79 Å². The first-order valence-electron chi connectivity index (χ1n) is 5.24. The monoisotopic (exact) mass is 202 g/mol. The highest BCUT2D eigenvalue weighted by molar-refractivity contribution is 5.64. The molecule has 4 nitrogen and oxygen atoms in total. The fourth-order valence-corrected chi connectivity index (χ4v) is 1.64. The van der Waals surface area contributed by atoms with Gasteiger partial charge in [-0.3, -0.25) is 4.90 Å². The average molecular weight is 202 g/mol. The van der Waals surface area contributed by atoms with E-state index < -0.39 is 6.09 Å². The molecule has 0 saturated heterocycles. The molecule has 84 valence electrons. The topological polar surface area (TPSA) is 43.8 Å². The number of nitrogens with zero attached hydrogens (tertiary/aromatic N) is 2. The van der Waals surface area contributed by atoms with Crippen LogP contribution in [-0.4, -0.2) is 53.7 Å². The first kappa shape index (κ1) is 13.2. The maximum absolute atomic E-state index is 10.7. The molecule has 1 atom stereocenters. The van der Waals surface area contributed by atoms with Gasteiger partial charge in [-0.15, -0.1) is 0 Å². The fraction of sp³-hybridized carbons (Fsp3) is 0.900. The summed E-state index contributed by atoms with van der Waals surface area (Å²) in [6.07, 6.45) is 0.134. The first-order valence-corrected chi connectivity index (χ1v) is 5.24. The fourth-order valence-electron chi connectivity index (χ4n) is 1.64. The summed E-state index contributed by atoms with van der Waals surface area (Å²) in [7, 11) is 1.62. The van der Waals surface area contributed by atoms with Crippen LogP contribution in [0.3, 0.4) is 0 Å². The van der Waals surface area contributed by atoms with Crippen molar-refractivity contribution in [1.82, 2.24) is 9.80 Å². The maximum atomic E-state index is 10.7. The molecule has 0 rings (SSSR count). The van der Waals surface area contributed by atoms with Gasteiger partial charge in [0, 0.05) is 19.6 Å². The van der Waals surface area contributed by atoms with Crippen molar-refractivity contribution < 1.29 is 9.90 Å². The maximum Gasteiger partial charge on any atom is 0.407 e. The molecule has 1 N–H and O–H groups in total. The molecule has 0 aliphatic carbocycles. The van der Waals surface area contributed by atoms with Crippen LogP contribution in [0.1, 0.15) is 27.2 Å². The van der Waals surface area contributed by atoms with Gasteiger partial charge in [-0.2, -0.15) is 0 Å². The highest BCUT2D eigenvalue weighted by Crippen LogP contribution is 2.05. The SMILES string of the molecule is CCC(CN(C)C(=O)O)N(CC)CC. The Kier molecular flexibility index (Phi) is 6.28. The van der Waals surface area contributed by atoms with E-state index in [1.807, 2.05) is 0 Å². The second-order valence-electron chi connectivity index (χ2n) is 3.45. The Morgan fingerprint density at radius 2 is 1.79 bits per heavy atom. The van der Waals surface area contributed by atoms with Crippen molar-refractivity contribution in [3.8, 4) is 0 Å². The molecule has 0 aromatic heterocycles. The summed E-state index contributed by atoms with van der Waals surface area (Å²) in [5.41, 5.74) is 0. The molecule has 1 unspecified atom stereocenters. The lowest BCUT2D eigenvalue weighted by Crippen LogP contribution is -2.43. The Morgan fingerprint density at radius 3 is 2.07 bits per heavy atom. The summed E-state index contributed by atoms with van der Waals surface area (Å²) in [5.74, 6) is 0. The van der Waals surface area contributed by atoms with Gasteiger partial charge in [0.2, 0.25) is 0 Å². The van der Waals surface area contributed by atoms with Crippen molar-refractivity contribution in [2.75, 3.05) is 26.7 Å². The summed E-state index contributed by atoms with van der Waals surface area (Å²) in [4.78, 5) is 14.3. The number of amides is 1. The third-order valence-corrected chi connectivity index (χ3v) is 2.61. The molecule has 0 aromatic carbocycles. The van der Waals surface area contributed by atoms with Gasteiger partial charge in [0.1, 0.15) is 0 Å². The van der Waals surface area contributed by atoms with E-state index in [0.29, 0.717) is 12.6 Å². The summed E-state index contributed by atoms with van der Waals surface area (Å²) in [6.45, 7) is 8.84. The van der Waals surface area contributed by atoms with Crippen LogP contribution in [0, 0.1) is 0 Å². The minimum atomic E-state index is -0.851. The Hall–Kier alpha value is -0.770. The summed E-state index contributed by atoms with van der Waals surface area (Å²) >= 11 is 0. The van der Waals surface area contributed by atoms with E-state index in [1.54, 1.807) is 7.05 Å². The second kappa shape index (κ2) is 6.65. The molecule has 0 aliphatic rings. The molecule has 0 aromatic rings. The minimum Gasteiger partial charge on any atom is -0.465 e. The number of likely N-dealkylation sites (N-methyl/N-ethyl adjacent to an activating group) is 2. The third-order valence-electron chi connectivity index (χ3n) is 2.61. The lowest BCUT2D eigenvalue weighted by Gasteiger charge is -2.31. The van der Waals surface area contributed by atoms with E-state index in [2.05, 4.69) is 25.7 Å². The van der Waals surface area contributed by atoms with Gasteiger partial charge in [0.25, 0.3) is 0 Å². The Bertz CT molecular complexity index is 170. The Labute approximate surface area is 86.5 Å². The molecular formula is C10H22N2O2. The van der Waals surface area contributed by atoms with Crippen molar-refractivity contribution >= 4 is 6.09 Å². The minimum absolute atomic E-state index is 0.339. The molecule has 14 heavy (non-hydrogen) atoms. The van der Waals surface area contributed by atoms with Gasteiger partial charge < -0.3 is 10.0 Å². The molecule has 0 spiro atoms. The van der Waals surface area contributed by atoms with Crippen LogP contribution >= 0.6 is 0 Å². The Morgan fingerprint density at radius 1 is 1.29 bits per heavy atom. The number of hydrogen-bond donors (Lipinski definition) is 1. The van der Waals surface area contributed by atoms with Crippen LogP contribution in [0.15, 0.2) is 0 Å². The lowest BCUT2D eigenvalue weighted by molar-refractivity contribution is 0.127. The Balaban J connectivity index is 4.19. The molecule has 0 bridgehead atoms. The third kappa shape index (κ3) is 3.96. The van der Waals surface area contributed by atoms with Gasteiger partial charge >= 0.3 is 6.09 Å². The summed E-state index contributed by atoms with van der Waals surface area (Å²) in [6, 6.07) is 0.339. The molecule has 0 saturated carbocycles. The molecule has 0 radical (unpaired) electrons. The van der Waals surface area contributed by atoms with E-state index in [4.69, 9.17) is 5.11 Å². The van der Waals surface area contributed by atoms with Crippen LogP contribution in [0.2, 0.25) is 0 Å². The summed E-state index contributed by atoms with van der Waals surface area (Å²) < 4.78 is 0. The van der Waals surface area contributed by atoms with E-state index in [-0.39, 0.29) is 0 Å². The molecule has 0 heterocycles. The zero-order valence-corrected chi connectivity index (χ0v) is 9.66. The van der Waals surface area contributed by atoms with Crippen LogP contribution in [-0.2, 0) is 0 Å². The van der Waals surface area contributed by atoms with Crippen LogP contribution < -0.4 is 0 Å². The smallest absolute Gasteiger partial charge is 0.407 e. The number of carbonyl (C=O) groups is 1. The largest absolute Gasteiger partial charge is 0.465 e. The van der Waals surface area contributed by atoms with Gasteiger partial charge in [0.05, 0.1) is 0 Å². The van der Waals surface area contributed by atoms with Gasteiger partial charge in [0.15, 0.2) is 0 Å². The first-order chi connectivity index (χ1) is 6.56. The predicted octanol–water partition coefficient (Wildman–Crippen LogP) is 1.72. The van der Waals surface area contributed by atoms with Crippen molar-refractivity contribution in [2.24, 2.45) is 0 Å². The van der Waals surface area contributed by atoms with Crippen molar-refractivity contribution in [3.05, 3.63) is 0 Å². The number of rotatable bonds is 6. The van der Waals surface area contributed by atoms with Crippen molar-refractivity contribution in [1.29, 1.82) is 0 Å². The van der Waals surface area contributed by atoms with E-state index >= 15 is 0 Å². The highest BCUT2D eigenvalue weighted by Gasteiger charge is 2.17. The summed E-state index contributed by atoms with van der Waals surface area (Å²) in [5, 5.41) is 8.76. The van der Waals surface area contributed by atoms with Gasteiger partial charge in [-0.05, 0) is 19.5 Å². The van der Waals surface area contributed by atoms with Crippen molar-refractivity contribution in [3.63, 3.8) is 0 Å². The van der Waals surface area contributed by atoms with E-state index in [1.165, 1.54) is 4.90 Å². The van der Waals surface area contributed by atoms with Crippen LogP contribution in [0.5, 0.6) is 0 Å². The lowest BCUT2D eigenvalue weighted by atomic mass is 10.2. The van der Waals surface area contributed by atoms with Crippen molar-refractivity contribution in [2.45, 2.75) is 33.2 Å². The van der Waals surface area contributed by atoms with Gasteiger partial charge in [-0.1, -0.05) is 20.8 Å². The quantitative estimate of drug-likeness (QED) is 0.713. The predicted molar refractivity (Wildman–Crippen MR) is 57.7 cm³/mol. The van der Waals surface area contributed by atoms with E-state index in [0.717, 1.165) is 19.5 Å². The average Bonchev–Trinajstić information content (AvgIpc) is 2.17. The molecule has 0 aliphatic heterocycles. The molecular weight excluding hydrogens is 180 g/mol. The van der Waals surface area contributed by atoms with Crippen LogP contribution in [0.4, 0.5) is 4.79 Å². The molecule has 4 heteroatoms. The van der Waals surface area contributed by atoms with Crippen LogP contribution in [0.25, 0.3) is 0 Å². The second-order valence-corrected chi connectivity index (χ2v) is 3.45. The molecule has 0 fully saturated rings. The zero-order chi connectivity index (χ0) is 11.1. The standard InChI is InChI=1S/C10H22N2O2/c1-5-9(12(6-2)7-3)8-11(4)10(13)14/h9H,5-8H2,1-4H3,(H,13,14). The van der Waals surface area contributed by atoms with E-state index in [9.17, 15) is 4.79 Å². The molecule has 1 amide bonds. The zero-order valence-electron chi connectivity index (χ0n) is 9.66.